The highest BCUT2D eigenvalue weighted by Gasteiger charge is 2.42. The van der Waals surface area contributed by atoms with Gasteiger partial charge in [0.25, 0.3) is 0 Å². The lowest BCUT2D eigenvalue weighted by atomic mass is 9.88. The van der Waals surface area contributed by atoms with E-state index < -0.39 is 0 Å². The molecule has 0 aromatic heterocycles. The SMILES string of the molecule is Brc1ccc([C@@H]2CCCN3[C@@H](c4ccccc4)CO[C@@H]23)cc1. The van der Waals surface area contributed by atoms with Gasteiger partial charge in [-0.3, -0.25) is 4.90 Å². The van der Waals surface area contributed by atoms with E-state index in [0.717, 1.165) is 17.6 Å². The standard InChI is InChI=1S/C19H20BrNO/c20-16-10-8-14(9-11-16)17-7-4-12-21-18(13-22-19(17)21)15-5-2-1-3-6-15/h1-3,5-6,8-11,17-19H,4,7,12-13H2/t17-,18+,19-/m0/s1. The summed E-state index contributed by atoms with van der Waals surface area (Å²) in [6.07, 6.45) is 2.67. The van der Waals surface area contributed by atoms with Crippen molar-refractivity contribution >= 4 is 15.9 Å². The summed E-state index contributed by atoms with van der Waals surface area (Å²) in [4.78, 5) is 2.56. The molecule has 2 aliphatic rings. The van der Waals surface area contributed by atoms with E-state index in [0.29, 0.717) is 12.0 Å². The number of hydrogen-bond acceptors (Lipinski definition) is 2. The van der Waals surface area contributed by atoms with Crippen molar-refractivity contribution in [2.45, 2.75) is 31.0 Å². The average molecular weight is 358 g/mol. The number of ether oxygens (including phenoxy) is 1. The van der Waals surface area contributed by atoms with Gasteiger partial charge in [-0.05, 0) is 36.1 Å². The maximum absolute atomic E-state index is 6.24. The van der Waals surface area contributed by atoms with Crippen LogP contribution in [0.5, 0.6) is 0 Å². The minimum Gasteiger partial charge on any atom is -0.360 e. The maximum Gasteiger partial charge on any atom is 0.118 e. The van der Waals surface area contributed by atoms with Crippen molar-refractivity contribution in [1.29, 1.82) is 0 Å². The van der Waals surface area contributed by atoms with E-state index in [4.69, 9.17) is 4.74 Å². The summed E-state index contributed by atoms with van der Waals surface area (Å²) in [7, 11) is 0. The molecule has 2 heterocycles. The zero-order valence-electron chi connectivity index (χ0n) is 12.5. The van der Waals surface area contributed by atoms with Crippen molar-refractivity contribution in [2.24, 2.45) is 0 Å². The molecule has 2 fully saturated rings. The molecule has 0 radical (unpaired) electrons. The van der Waals surface area contributed by atoms with Crippen LogP contribution < -0.4 is 0 Å². The Morgan fingerprint density at radius 1 is 0.955 bits per heavy atom. The first-order valence-corrected chi connectivity index (χ1v) is 8.80. The molecule has 2 aromatic carbocycles. The zero-order valence-corrected chi connectivity index (χ0v) is 14.1. The van der Waals surface area contributed by atoms with Gasteiger partial charge in [0.15, 0.2) is 0 Å². The molecule has 3 atom stereocenters. The van der Waals surface area contributed by atoms with Gasteiger partial charge in [0.2, 0.25) is 0 Å². The van der Waals surface area contributed by atoms with Crippen LogP contribution in [0.2, 0.25) is 0 Å². The Morgan fingerprint density at radius 3 is 2.50 bits per heavy atom. The van der Waals surface area contributed by atoms with Crippen molar-refractivity contribution < 1.29 is 4.74 Å². The highest BCUT2D eigenvalue weighted by atomic mass is 79.9. The normalized spacial score (nSPS) is 28.5. The number of piperidine rings is 1. The van der Waals surface area contributed by atoms with E-state index in [1.807, 2.05) is 0 Å². The summed E-state index contributed by atoms with van der Waals surface area (Å²) in [6, 6.07) is 19.9. The van der Waals surface area contributed by atoms with Crippen molar-refractivity contribution in [3.05, 3.63) is 70.2 Å². The largest absolute Gasteiger partial charge is 0.360 e. The summed E-state index contributed by atoms with van der Waals surface area (Å²) >= 11 is 3.52. The molecule has 0 bridgehead atoms. The van der Waals surface area contributed by atoms with Gasteiger partial charge in [-0.2, -0.15) is 0 Å². The molecule has 0 saturated carbocycles. The van der Waals surface area contributed by atoms with Gasteiger partial charge in [0.05, 0.1) is 12.6 Å². The van der Waals surface area contributed by atoms with E-state index in [2.05, 4.69) is 75.4 Å². The molecule has 4 rings (SSSR count). The van der Waals surface area contributed by atoms with Crippen LogP contribution in [0, 0.1) is 0 Å². The number of benzene rings is 2. The van der Waals surface area contributed by atoms with Crippen LogP contribution in [0.15, 0.2) is 59.1 Å². The second-order valence-corrected chi connectivity index (χ2v) is 7.10. The molecule has 2 aromatic rings. The first-order chi connectivity index (χ1) is 10.8. The zero-order chi connectivity index (χ0) is 14.9. The fraction of sp³-hybridized carbons (Fsp3) is 0.368. The molecule has 3 heteroatoms. The first-order valence-electron chi connectivity index (χ1n) is 8.01. The van der Waals surface area contributed by atoms with E-state index >= 15 is 0 Å². The molecule has 2 nitrogen and oxygen atoms in total. The molecular formula is C19H20BrNO. The summed E-state index contributed by atoms with van der Waals surface area (Å²) in [5, 5.41) is 0. The molecule has 0 spiro atoms. The lowest BCUT2D eigenvalue weighted by Crippen LogP contribution is -2.41. The smallest absolute Gasteiger partial charge is 0.118 e. The fourth-order valence-electron chi connectivity index (χ4n) is 3.83. The molecule has 2 saturated heterocycles. The van der Waals surface area contributed by atoms with Crippen LogP contribution in [0.4, 0.5) is 0 Å². The molecule has 0 amide bonds. The van der Waals surface area contributed by atoms with Crippen molar-refractivity contribution in [3.63, 3.8) is 0 Å². The number of nitrogens with zero attached hydrogens (tertiary/aromatic N) is 1. The number of rotatable bonds is 2. The summed E-state index contributed by atoms with van der Waals surface area (Å²) in [5.41, 5.74) is 2.77. The monoisotopic (exact) mass is 357 g/mol. The predicted octanol–water partition coefficient (Wildman–Crippen LogP) is 4.73. The third-order valence-corrected chi connectivity index (χ3v) is 5.44. The van der Waals surface area contributed by atoms with Gasteiger partial charge in [-0.1, -0.05) is 58.4 Å². The molecule has 0 unspecified atom stereocenters. The van der Waals surface area contributed by atoms with Crippen LogP contribution in [-0.4, -0.2) is 24.3 Å². The van der Waals surface area contributed by atoms with Crippen LogP contribution in [0.1, 0.15) is 35.9 Å². The van der Waals surface area contributed by atoms with Gasteiger partial charge >= 0.3 is 0 Å². The van der Waals surface area contributed by atoms with Crippen molar-refractivity contribution in [1.82, 2.24) is 4.90 Å². The van der Waals surface area contributed by atoms with Crippen LogP contribution in [-0.2, 0) is 4.74 Å². The average Bonchev–Trinajstić information content (AvgIpc) is 3.00. The number of hydrogen-bond donors (Lipinski definition) is 0. The maximum atomic E-state index is 6.24. The molecule has 2 aliphatic heterocycles. The molecular weight excluding hydrogens is 338 g/mol. The minimum atomic E-state index is 0.222. The Balaban J connectivity index is 1.60. The Morgan fingerprint density at radius 2 is 1.73 bits per heavy atom. The third kappa shape index (κ3) is 2.62. The second kappa shape index (κ2) is 6.15. The quantitative estimate of drug-likeness (QED) is 0.770. The van der Waals surface area contributed by atoms with Gasteiger partial charge in [-0.15, -0.1) is 0 Å². The second-order valence-electron chi connectivity index (χ2n) is 6.19. The van der Waals surface area contributed by atoms with E-state index in [-0.39, 0.29) is 6.23 Å². The fourth-order valence-corrected chi connectivity index (χ4v) is 4.09. The Bertz CT molecular complexity index is 628. The van der Waals surface area contributed by atoms with Gasteiger partial charge in [0.1, 0.15) is 6.23 Å². The van der Waals surface area contributed by atoms with Crippen LogP contribution in [0.25, 0.3) is 0 Å². The van der Waals surface area contributed by atoms with Crippen LogP contribution in [0.3, 0.4) is 0 Å². The highest BCUT2D eigenvalue weighted by molar-refractivity contribution is 9.10. The Labute approximate surface area is 140 Å². The molecule has 0 aliphatic carbocycles. The van der Waals surface area contributed by atoms with E-state index in [1.54, 1.807) is 0 Å². The summed E-state index contributed by atoms with van der Waals surface area (Å²) in [5.74, 6) is 0.482. The molecule has 0 N–H and O–H groups in total. The minimum absolute atomic E-state index is 0.222. The number of halogens is 1. The van der Waals surface area contributed by atoms with Crippen LogP contribution >= 0.6 is 15.9 Å². The summed E-state index contributed by atoms with van der Waals surface area (Å²) < 4.78 is 7.37. The van der Waals surface area contributed by atoms with E-state index in [1.165, 1.54) is 24.0 Å². The van der Waals surface area contributed by atoms with E-state index in [9.17, 15) is 0 Å². The third-order valence-electron chi connectivity index (χ3n) is 4.91. The topological polar surface area (TPSA) is 12.5 Å². The predicted molar refractivity (Wildman–Crippen MR) is 91.7 cm³/mol. The van der Waals surface area contributed by atoms with Crippen molar-refractivity contribution in [3.8, 4) is 0 Å². The van der Waals surface area contributed by atoms with Crippen molar-refractivity contribution in [2.75, 3.05) is 13.2 Å². The summed E-state index contributed by atoms with van der Waals surface area (Å²) in [6.45, 7) is 1.94. The molecule has 114 valence electrons. The molecule has 22 heavy (non-hydrogen) atoms. The highest BCUT2D eigenvalue weighted by Crippen LogP contribution is 2.42. The van der Waals surface area contributed by atoms with Gasteiger partial charge in [0, 0.05) is 16.9 Å². The van der Waals surface area contributed by atoms with Gasteiger partial charge < -0.3 is 4.74 Å². The Kier molecular flexibility index (Phi) is 4.03. The Hall–Kier alpha value is -1.16. The lowest BCUT2D eigenvalue weighted by Gasteiger charge is -2.38. The van der Waals surface area contributed by atoms with Gasteiger partial charge in [-0.25, -0.2) is 0 Å². The lowest BCUT2D eigenvalue weighted by molar-refractivity contribution is -0.0141. The number of fused-ring (bicyclic) bond motifs is 1. The first kappa shape index (κ1) is 14.4.